The van der Waals surface area contributed by atoms with Crippen molar-refractivity contribution in [2.24, 2.45) is 0 Å². The second kappa shape index (κ2) is 7.01. The number of aryl methyl sites for hydroxylation is 1. The maximum atomic E-state index is 12.0. The molecule has 7 heteroatoms. The lowest BCUT2D eigenvalue weighted by Gasteiger charge is -2.07. The lowest BCUT2D eigenvalue weighted by atomic mass is 10.3. The Morgan fingerprint density at radius 1 is 1.30 bits per heavy atom. The fourth-order valence-electron chi connectivity index (χ4n) is 1.76. The molecule has 0 radical (unpaired) electrons. The van der Waals surface area contributed by atoms with Crippen molar-refractivity contribution in [3.8, 4) is 0 Å². The molecule has 0 unspecified atom stereocenters. The second-order valence-electron chi connectivity index (χ2n) is 4.36. The summed E-state index contributed by atoms with van der Waals surface area (Å²) in [5.41, 5.74) is 0. The second-order valence-corrected chi connectivity index (χ2v) is 7.05. The summed E-state index contributed by atoms with van der Waals surface area (Å²) in [6.07, 6.45) is 7.07. The molecule has 0 amide bonds. The fraction of sp³-hybridized carbons (Fsp3) is 0.308. The molecule has 0 spiro atoms. The van der Waals surface area contributed by atoms with E-state index >= 15 is 0 Å². The summed E-state index contributed by atoms with van der Waals surface area (Å²) in [5, 5.41) is 0. The number of unbranched alkanes of at least 4 members (excludes halogenated alkanes) is 1. The van der Waals surface area contributed by atoms with Crippen LogP contribution in [0.5, 0.6) is 0 Å². The molecule has 20 heavy (non-hydrogen) atoms. The average Bonchev–Trinajstić information content (AvgIpc) is 2.91. The van der Waals surface area contributed by atoms with Crippen molar-refractivity contribution < 1.29 is 8.42 Å². The molecule has 1 N–H and O–H groups in total. The molecule has 0 aliphatic carbocycles. The van der Waals surface area contributed by atoms with Gasteiger partial charge in [-0.1, -0.05) is 22.0 Å². The smallest absolute Gasteiger partial charge is 0.240 e. The molecule has 108 valence electrons. The summed E-state index contributed by atoms with van der Waals surface area (Å²) in [4.78, 5) is 4.23. The van der Waals surface area contributed by atoms with Gasteiger partial charge in [-0.25, -0.2) is 18.1 Å². The van der Waals surface area contributed by atoms with Crippen molar-refractivity contribution in [2.45, 2.75) is 24.3 Å². The van der Waals surface area contributed by atoms with Crippen LogP contribution in [-0.2, 0) is 16.6 Å². The summed E-state index contributed by atoms with van der Waals surface area (Å²) in [7, 11) is -3.42. The van der Waals surface area contributed by atoms with Gasteiger partial charge in [0.1, 0.15) is 0 Å². The number of halogens is 1. The van der Waals surface area contributed by atoms with Crippen LogP contribution in [0.4, 0.5) is 0 Å². The van der Waals surface area contributed by atoms with Crippen molar-refractivity contribution in [2.75, 3.05) is 6.54 Å². The van der Waals surface area contributed by atoms with Crippen LogP contribution in [-0.4, -0.2) is 24.5 Å². The number of nitrogens with zero attached hydrogens (tertiary/aromatic N) is 2. The van der Waals surface area contributed by atoms with Gasteiger partial charge in [0, 0.05) is 30.0 Å². The Bertz CT molecular complexity index is 641. The number of rotatable bonds is 7. The van der Waals surface area contributed by atoms with Crippen LogP contribution < -0.4 is 4.72 Å². The lowest BCUT2D eigenvalue weighted by Crippen LogP contribution is -2.25. The van der Waals surface area contributed by atoms with E-state index in [4.69, 9.17) is 0 Å². The molecular weight excluding hydrogens is 342 g/mol. The molecule has 2 rings (SSSR count). The fourth-order valence-corrected chi connectivity index (χ4v) is 3.43. The number of aromatic nitrogens is 2. The Balaban J connectivity index is 1.78. The zero-order valence-electron chi connectivity index (χ0n) is 10.9. The molecule has 0 fully saturated rings. The van der Waals surface area contributed by atoms with E-state index in [0.717, 1.165) is 23.9 Å². The third-order valence-corrected chi connectivity index (χ3v) is 4.75. The minimum absolute atomic E-state index is 0.279. The van der Waals surface area contributed by atoms with Gasteiger partial charge < -0.3 is 4.57 Å². The van der Waals surface area contributed by atoms with Crippen LogP contribution in [0.2, 0.25) is 0 Å². The van der Waals surface area contributed by atoms with Gasteiger partial charge in [-0.05, 0) is 31.0 Å². The number of nitrogens with one attached hydrogen (secondary N) is 1. The Morgan fingerprint density at radius 2 is 2.15 bits per heavy atom. The van der Waals surface area contributed by atoms with E-state index < -0.39 is 10.0 Å². The zero-order valence-corrected chi connectivity index (χ0v) is 13.3. The largest absolute Gasteiger partial charge is 0.337 e. The van der Waals surface area contributed by atoms with Crippen LogP contribution in [0.25, 0.3) is 0 Å². The molecule has 1 aromatic heterocycles. The first-order chi connectivity index (χ1) is 9.58. The first-order valence-electron chi connectivity index (χ1n) is 6.29. The highest BCUT2D eigenvalue weighted by atomic mass is 79.9. The predicted octanol–water partition coefficient (Wildman–Crippen LogP) is 2.40. The van der Waals surface area contributed by atoms with Crippen LogP contribution >= 0.6 is 15.9 Å². The predicted molar refractivity (Wildman–Crippen MR) is 80.8 cm³/mol. The van der Waals surface area contributed by atoms with Gasteiger partial charge in [-0.2, -0.15) is 0 Å². The van der Waals surface area contributed by atoms with Crippen molar-refractivity contribution >= 4 is 26.0 Å². The monoisotopic (exact) mass is 357 g/mol. The summed E-state index contributed by atoms with van der Waals surface area (Å²) >= 11 is 3.27. The highest BCUT2D eigenvalue weighted by Crippen LogP contribution is 2.15. The van der Waals surface area contributed by atoms with Crippen LogP contribution in [0.15, 0.2) is 52.4 Å². The molecule has 1 heterocycles. The molecule has 0 bridgehead atoms. The highest BCUT2D eigenvalue weighted by molar-refractivity contribution is 9.10. The van der Waals surface area contributed by atoms with Crippen molar-refractivity contribution in [1.29, 1.82) is 0 Å². The normalized spacial score (nSPS) is 11.7. The van der Waals surface area contributed by atoms with E-state index in [-0.39, 0.29) is 4.90 Å². The van der Waals surface area contributed by atoms with Gasteiger partial charge in [-0.15, -0.1) is 0 Å². The van der Waals surface area contributed by atoms with E-state index in [1.807, 2.05) is 10.8 Å². The molecular formula is C13H16BrN3O2S. The van der Waals surface area contributed by atoms with Crippen LogP contribution in [0, 0.1) is 0 Å². The van der Waals surface area contributed by atoms with Crippen LogP contribution in [0.1, 0.15) is 12.8 Å². The van der Waals surface area contributed by atoms with E-state index in [2.05, 4.69) is 25.6 Å². The molecule has 0 aliphatic rings. The first-order valence-corrected chi connectivity index (χ1v) is 8.56. The van der Waals surface area contributed by atoms with Gasteiger partial charge in [0.05, 0.1) is 11.2 Å². The van der Waals surface area contributed by atoms with Crippen LogP contribution in [0.3, 0.4) is 0 Å². The van der Waals surface area contributed by atoms with Gasteiger partial charge >= 0.3 is 0 Å². The third kappa shape index (κ3) is 4.43. The van der Waals surface area contributed by atoms with Crippen molar-refractivity contribution in [1.82, 2.24) is 14.3 Å². The Hall–Kier alpha value is -1.18. The summed E-state index contributed by atoms with van der Waals surface area (Å²) in [6.45, 7) is 1.28. The third-order valence-electron chi connectivity index (χ3n) is 2.80. The van der Waals surface area contributed by atoms with E-state index in [0.29, 0.717) is 6.54 Å². The zero-order chi connectivity index (χ0) is 14.4. The van der Waals surface area contributed by atoms with Gasteiger partial charge in [0.2, 0.25) is 10.0 Å². The van der Waals surface area contributed by atoms with E-state index in [9.17, 15) is 8.42 Å². The van der Waals surface area contributed by atoms with Crippen molar-refractivity contribution in [3.63, 3.8) is 0 Å². The Kier molecular flexibility index (Phi) is 5.33. The Morgan fingerprint density at radius 3 is 2.85 bits per heavy atom. The molecule has 2 aromatic rings. The number of hydrogen-bond donors (Lipinski definition) is 1. The SMILES string of the molecule is O=S(=O)(NCCCCn1ccnc1)c1cccc(Br)c1. The highest BCUT2D eigenvalue weighted by Gasteiger charge is 2.12. The van der Waals surface area contributed by atoms with Gasteiger partial charge in [0.25, 0.3) is 0 Å². The number of sulfonamides is 1. The minimum atomic E-state index is -3.42. The maximum Gasteiger partial charge on any atom is 0.240 e. The molecule has 1 aromatic carbocycles. The molecule has 0 atom stereocenters. The molecule has 0 aliphatic heterocycles. The molecule has 0 saturated carbocycles. The van der Waals surface area contributed by atoms with E-state index in [1.54, 1.807) is 36.8 Å². The summed E-state index contributed by atoms with van der Waals surface area (Å²) in [6, 6.07) is 6.67. The van der Waals surface area contributed by atoms with Gasteiger partial charge in [0.15, 0.2) is 0 Å². The maximum absolute atomic E-state index is 12.0. The molecule has 5 nitrogen and oxygen atoms in total. The molecule has 0 saturated heterocycles. The summed E-state index contributed by atoms with van der Waals surface area (Å²) < 4.78 is 29.4. The van der Waals surface area contributed by atoms with E-state index in [1.165, 1.54) is 0 Å². The topological polar surface area (TPSA) is 64.0 Å². The number of hydrogen-bond acceptors (Lipinski definition) is 3. The van der Waals surface area contributed by atoms with Gasteiger partial charge in [-0.3, -0.25) is 0 Å². The number of imidazole rings is 1. The number of benzene rings is 1. The van der Waals surface area contributed by atoms with Crippen molar-refractivity contribution in [3.05, 3.63) is 47.5 Å². The quantitative estimate of drug-likeness (QED) is 0.773. The first kappa shape index (κ1) is 15.2. The summed E-state index contributed by atoms with van der Waals surface area (Å²) in [5.74, 6) is 0. The minimum Gasteiger partial charge on any atom is -0.337 e. The standard InChI is InChI=1S/C13H16BrN3O2S/c14-12-4-3-5-13(10-12)20(18,19)16-6-1-2-8-17-9-7-15-11-17/h3-5,7,9-11,16H,1-2,6,8H2. The average molecular weight is 358 g/mol. The Labute approximate surface area is 127 Å². The lowest BCUT2D eigenvalue weighted by molar-refractivity contribution is 0.566.